The molecule has 116 valence electrons. The molecule has 6 nitrogen and oxygen atoms in total. The highest BCUT2D eigenvalue weighted by Crippen LogP contribution is 2.21. The average molecular weight is 301 g/mol. The van der Waals surface area contributed by atoms with Gasteiger partial charge in [0.15, 0.2) is 0 Å². The van der Waals surface area contributed by atoms with Crippen molar-refractivity contribution < 1.29 is 10.0 Å². The van der Waals surface area contributed by atoms with E-state index in [-0.39, 0.29) is 17.2 Å². The van der Waals surface area contributed by atoms with Crippen LogP contribution in [0.2, 0.25) is 0 Å². The number of rotatable bonds is 7. The van der Waals surface area contributed by atoms with Crippen LogP contribution in [0.25, 0.3) is 0 Å². The Morgan fingerprint density at radius 1 is 1.18 bits per heavy atom. The van der Waals surface area contributed by atoms with Crippen molar-refractivity contribution in [3.8, 4) is 0 Å². The number of aliphatic hydroxyl groups excluding tert-OH is 1. The summed E-state index contributed by atoms with van der Waals surface area (Å²) < 4.78 is 0. The molecule has 0 aliphatic heterocycles. The van der Waals surface area contributed by atoms with Crippen molar-refractivity contribution in [2.24, 2.45) is 0 Å². The van der Waals surface area contributed by atoms with Crippen LogP contribution in [0.3, 0.4) is 0 Å². The lowest BCUT2D eigenvalue weighted by Gasteiger charge is -2.18. The van der Waals surface area contributed by atoms with Crippen LogP contribution in [0.15, 0.2) is 48.5 Å². The number of benzene rings is 2. The topological polar surface area (TPSA) is 78.6 Å². The van der Waals surface area contributed by atoms with E-state index in [2.05, 4.69) is 5.32 Å². The standard InChI is InChI=1S/C16H19N3O3/c1-18(10-11-20)15-8-6-14(7-9-15)17-12-13-4-2-3-5-16(13)19(21)22/h2-9,17,20H,10-12H2,1H3. The molecule has 0 aromatic heterocycles. The number of nitrogens with zero attached hydrogens (tertiary/aromatic N) is 2. The van der Waals surface area contributed by atoms with Crippen LogP contribution in [0.4, 0.5) is 17.1 Å². The lowest BCUT2D eigenvalue weighted by Crippen LogP contribution is -2.20. The van der Waals surface area contributed by atoms with Crippen molar-refractivity contribution in [3.05, 3.63) is 64.2 Å². The molecule has 2 aromatic carbocycles. The molecule has 0 fully saturated rings. The van der Waals surface area contributed by atoms with Crippen LogP contribution >= 0.6 is 0 Å². The predicted molar refractivity (Wildman–Crippen MR) is 87.2 cm³/mol. The number of likely N-dealkylation sites (N-methyl/N-ethyl adjacent to an activating group) is 1. The Labute approximate surface area is 129 Å². The summed E-state index contributed by atoms with van der Waals surface area (Å²) in [4.78, 5) is 12.5. The predicted octanol–water partition coefficient (Wildman–Crippen LogP) is 2.64. The Balaban J connectivity index is 2.02. The van der Waals surface area contributed by atoms with Crippen molar-refractivity contribution in [3.63, 3.8) is 0 Å². The highest BCUT2D eigenvalue weighted by molar-refractivity contribution is 5.55. The summed E-state index contributed by atoms with van der Waals surface area (Å²) in [6.45, 7) is 1.07. The number of nitrogens with one attached hydrogen (secondary N) is 1. The van der Waals surface area contributed by atoms with Gasteiger partial charge in [-0.15, -0.1) is 0 Å². The van der Waals surface area contributed by atoms with Gasteiger partial charge in [0.2, 0.25) is 0 Å². The van der Waals surface area contributed by atoms with E-state index in [1.165, 1.54) is 6.07 Å². The van der Waals surface area contributed by atoms with Crippen molar-refractivity contribution >= 4 is 17.1 Å². The van der Waals surface area contributed by atoms with Gasteiger partial charge >= 0.3 is 0 Å². The van der Waals surface area contributed by atoms with E-state index in [1.54, 1.807) is 18.2 Å². The summed E-state index contributed by atoms with van der Waals surface area (Å²) in [6, 6.07) is 14.4. The molecule has 0 saturated heterocycles. The van der Waals surface area contributed by atoms with Crippen LogP contribution in [0, 0.1) is 10.1 Å². The Morgan fingerprint density at radius 2 is 1.86 bits per heavy atom. The van der Waals surface area contributed by atoms with E-state index < -0.39 is 0 Å². The molecule has 0 heterocycles. The largest absolute Gasteiger partial charge is 0.395 e. The number of hydrogen-bond acceptors (Lipinski definition) is 5. The molecule has 0 spiro atoms. The normalized spacial score (nSPS) is 10.3. The van der Waals surface area contributed by atoms with E-state index in [0.717, 1.165) is 11.4 Å². The van der Waals surface area contributed by atoms with Gasteiger partial charge in [-0.1, -0.05) is 18.2 Å². The zero-order valence-electron chi connectivity index (χ0n) is 12.4. The molecule has 0 radical (unpaired) electrons. The number of nitro benzene ring substituents is 1. The van der Waals surface area contributed by atoms with Crippen molar-refractivity contribution in [2.75, 3.05) is 30.4 Å². The highest BCUT2D eigenvalue weighted by Gasteiger charge is 2.11. The fourth-order valence-electron chi connectivity index (χ4n) is 2.15. The van der Waals surface area contributed by atoms with Gasteiger partial charge in [0.1, 0.15) is 0 Å². The summed E-state index contributed by atoms with van der Waals surface area (Å²) in [6.07, 6.45) is 0. The minimum atomic E-state index is -0.371. The molecule has 0 atom stereocenters. The Kier molecular flexibility index (Phi) is 5.32. The van der Waals surface area contributed by atoms with Crippen LogP contribution in [-0.2, 0) is 6.54 Å². The molecule has 0 amide bonds. The summed E-state index contributed by atoms with van der Waals surface area (Å²) in [7, 11) is 1.91. The third-order valence-electron chi connectivity index (χ3n) is 3.41. The van der Waals surface area contributed by atoms with Crippen LogP contribution < -0.4 is 10.2 Å². The first-order chi connectivity index (χ1) is 10.6. The second kappa shape index (κ2) is 7.42. The zero-order chi connectivity index (χ0) is 15.9. The lowest BCUT2D eigenvalue weighted by molar-refractivity contribution is -0.385. The second-order valence-electron chi connectivity index (χ2n) is 4.93. The molecule has 0 bridgehead atoms. The first kappa shape index (κ1) is 15.8. The first-order valence-corrected chi connectivity index (χ1v) is 7.00. The van der Waals surface area contributed by atoms with Crippen molar-refractivity contribution in [1.82, 2.24) is 0 Å². The Morgan fingerprint density at radius 3 is 2.50 bits per heavy atom. The van der Waals surface area contributed by atoms with Gasteiger partial charge in [0.25, 0.3) is 5.69 Å². The molecule has 22 heavy (non-hydrogen) atoms. The number of anilines is 2. The summed E-state index contributed by atoms with van der Waals surface area (Å²) in [5, 5.41) is 23.1. The van der Waals surface area contributed by atoms with Gasteiger partial charge in [-0.2, -0.15) is 0 Å². The Bertz CT molecular complexity index is 629. The molecule has 0 saturated carbocycles. The third kappa shape index (κ3) is 3.95. The van der Waals surface area contributed by atoms with E-state index >= 15 is 0 Å². The fraction of sp³-hybridized carbons (Fsp3) is 0.250. The number of hydrogen-bond donors (Lipinski definition) is 2. The average Bonchev–Trinajstić information content (AvgIpc) is 2.54. The highest BCUT2D eigenvalue weighted by atomic mass is 16.6. The van der Waals surface area contributed by atoms with Crippen LogP contribution in [0.1, 0.15) is 5.56 Å². The van der Waals surface area contributed by atoms with E-state index in [1.807, 2.05) is 36.2 Å². The molecule has 0 aliphatic rings. The van der Waals surface area contributed by atoms with Crippen LogP contribution in [0.5, 0.6) is 0 Å². The molecular weight excluding hydrogens is 282 g/mol. The van der Waals surface area contributed by atoms with Crippen molar-refractivity contribution in [2.45, 2.75) is 6.54 Å². The minimum Gasteiger partial charge on any atom is -0.395 e. The molecule has 0 aliphatic carbocycles. The summed E-state index contributed by atoms with van der Waals surface area (Å²) >= 11 is 0. The lowest BCUT2D eigenvalue weighted by atomic mass is 10.1. The van der Waals surface area contributed by atoms with Crippen LogP contribution in [-0.4, -0.2) is 30.2 Å². The molecule has 2 aromatic rings. The monoisotopic (exact) mass is 301 g/mol. The maximum Gasteiger partial charge on any atom is 0.274 e. The number of para-hydroxylation sites is 1. The Hall–Kier alpha value is -2.60. The third-order valence-corrected chi connectivity index (χ3v) is 3.41. The second-order valence-corrected chi connectivity index (χ2v) is 4.93. The van der Waals surface area contributed by atoms with Gasteiger partial charge in [0.05, 0.1) is 11.5 Å². The smallest absolute Gasteiger partial charge is 0.274 e. The molecule has 0 unspecified atom stereocenters. The summed E-state index contributed by atoms with van der Waals surface area (Å²) in [5.41, 5.74) is 2.66. The first-order valence-electron chi connectivity index (χ1n) is 7.00. The zero-order valence-corrected chi connectivity index (χ0v) is 12.4. The maximum atomic E-state index is 11.0. The summed E-state index contributed by atoms with van der Waals surface area (Å²) in [5.74, 6) is 0. The van der Waals surface area contributed by atoms with Crippen molar-refractivity contribution in [1.29, 1.82) is 0 Å². The van der Waals surface area contributed by atoms with Gasteiger partial charge in [-0.3, -0.25) is 10.1 Å². The quantitative estimate of drug-likeness (QED) is 0.607. The maximum absolute atomic E-state index is 11.0. The van der Waals surface area contributed by atoms with Gasteiger partial charge in [-0.25, -0.2) is 0 Å². The molecule has 6 heteroatoms. The fourth-order valence-corrected chi connectivity index (χ4v) is 2.15. The van der Waals surface area contributed by atoms with E-state index in [9.17, 15) is 10.1 Å². The van der Waals surface area contributed by atoms with Gasteiger partial charge in [-0.05, 0) is 24.3 Å². The van der Waals surface area contributed by atoms with Gasteiger partial charge < -0.3 is 15.3 Å². The minimum absolute atomic E-state index is 0.105. The van der Waals surface area contributed by atoms with E-state index in [0.29, 0.717) is 18.7 Å². The molecular formula is C16H19N3O3. The molecule has 2 N–H and O–H groups in total. The number of aliphatic hydroxyl groups is 1. The van der Waals surface area contributed by atoms with E-state index in [4.69, 9.17) is 5.11 Å². The molecule has 2 rings (SSSR count). The SMILES string of the molecule is CN(CCO)c1ccc(NCc2ccccc2[N+](=O)[O-])cc1. The van der Waals surface area contributed by atoms with Gasteiger partial charge in [0, 0.05) is 43.1 Å². The number of nitro groups is 1.